The second-order valence-electron chi connectivity index (χ2n) is 7.64. The highest BCUT2D eigenvalue weighted by Crippen LogP contribution is 2.34. The number of hydrogen-bond acceptors (Lipinski definition) is 6. The lowest BCUT2D eigenvalue weighted by Crippen LogP contribution is -2.53. The lowest BCUT2D eigenvalue weighted by atomic mass is 10.1. The normalized spacial score (nSPS) is 15.2. The van der Waals surface area contributed by atoms with E-state index in [1.807, 2.05) is 25.7 Å². The van der Waals surface area contributed by atoms with Crippen molar-refractivity contribution < 1.29 is 23.7 Å². The molecule has 0 spiro atoms. The number of piperazine rings is 1. The van der Waals surface area contributed by atoms with Gasteiger partial charge in [0.15, 0.2) is 5.96 Å². The van der Waals surface area contributed by atoms with Crippen LogP contribution < -0.4 is 19.9 Å². The molecule has 1 aliphatic rings. The molecule has 2 N–H and O–H groups in total. The van der Waals surface area contributed by atoms with Gasteiger partial charge in [-0.15, -0.1) is 0 Å². The van der Waals surface area contributed by atoms with E-state index in [1.165, 1.54) is 0 Å². The Labute approximate surface area is 172 Å². The Balaban J connectivity index is 2.02. The second kappa shape index (κ2) is 9.58. The van der Waals surface area contributed by atoms with Crippen molar-refractivity contribution in [3.05, 3.63) is 17.7 Å². The highest BCUT2D eigenvalue weighted by atomic mass is 16.6. The van der Waals surface area contributed by atoms with E-state index in [0.717, 1.165) is 5.56 Å². The van der Waals surface area contributed by atoms with Crippen molar-refractivity contribution in [2.75, 3.05) is 47.5 Å². The minimum atomic E-state index is -0.509. The van der Waals surface area contributed by atoms with Crippen LogP contribution in [0.2, 0.25) is 0 Å². The minimum Gasteiger partial charge on any atom is -0.496 e. The molecule has 162 valence electrons. The number of benzene rings is 1. The molecule has 0 unspecified atom stereocenters. The molecule has 0 atom stereocenters. The topological polar surface area (TPSA) is 98.9 Å². The van der Waals surface area contributed by atoms with E-state index in [4.69, 9.17) is 24.7 Å². The molecular weight excluding hydrogens is 376 g/mol. The summed E-state index contributed by atoms with van der Waals surface area (Å²) in [7, 11) is 4.75. The Morgan fingerprint density at radius 3 is 1.97 bits per heavy atom. The molecule has 1 heterocycles. The van der Waals surface area contributed by atoms with Gasteiger partial charge in [-0.1, -0.05) is 0 Å². The molecule has 1 saturated heterocycles. The van der Waals surface area contributed by atoms with Crippen LogP contribution in [-0.4, -0.2) is 75.0 Å². The Hall–Kier alpha value is -2.84. The van der Waals surface area contributed by atoms with Gasteiger partial charge in [-0.05, 0) is 20.8 Å². The summed E-state index contributed by atoms with van der Waals surface area (Å²) >= 11 is 0. The lowest BCUT2D eigenvalue weighted by molar-refractivity contribution is 0.0186. The van der Waals surface area contributed by atoms with E-state index in [-0.39, 0.29) is 6.09 Å². The van der Waals surface area contributed by atoms with Crippen LogP contribution in [0.1, 0.15) is 26.3 Å². The van der Waals surface area contributed by atoms with Gasteiger partial charge >= 0.3 is 6.09 Å². The summed E-state index contributed by atoms with van der Waals surface area (Å²) < 4.78 is 21.6. The number of aliphatic imine (C=N–C) groups is 1. The fourth-order valence-electron chi connectivity index (χ4n) is 2.94. The fraction of sp³-hybridized carbons (Fsp3) is 0.600. The average molecular weight is 408 g/mol. The number of amides is 1. The Bertz CT molecular complexity index is 712. The predicted molar refractivity (Wildman–Crippen MR) is 111 cm³/mol. The van der Waals surface area contributed by atoms with Crippen molar-refractivity contribution in [1.82, 2.24) is 9.80 Å². The van der Waals surface area contributed by atoms with Crippen LogP contribution >= 0.6 is 0 Å². The summed E-state index contributed by atoms with van der Waals surface area (Å²) in [6.07, 6.45) is -0.305. The van der Waals surface area contributed by atoms with Crippen molar-refractivity contribution in [2.45, 2.75) is 32.9 Å². The summed E-state index contributed by atoms with van der Waals surface area (Å²) in [5.41, 5.74) is 6.47. The van der Waals surface area contributed by atoms with Crippen molar-refractivity contribution in [3.63, 3.8) is 0 Å². The number of guanidine groups is 1. The smallest absolute Gasteiger partial charge is 0.410 e. The van der Waals surface area contributed by atoms with Gasteiger partial charge < -0.3 is 34.5 Å². The van der Waals surface area contributed by atoms with Crippen molar-refractivity contribution in [2.24, 2.45) is 10.7 Å². The highest BCUT2D eigenvalue weighted by Gasteiger charge is 2.26. The van der Waals surface area contributed by atoms with E-state index < -0.39 is 5.60 Å². The van der Waals surface area contributed by atoms with Gasteiger partial charge in [0.05, 0.1) is 33.4 Å². The van der Waals surface area contributed by atoms with Gasteiger partial charge in [0.25, 0.3) is 0 Å². The Morgan fingerprint density at radius 1 is 1.00 bits per heavy atom. The molecular formula is C20H32N4O5. The first-order valence-electron chi connectivity index (χ1n) is 9.50. The third-order valence-electron chi connectivity index (χ3n) is 4.47. The van der Waals surface area contributed by atoms with E-state index in [0.29, 0.717) is 55.9 Å². The molecule has 1 amide bonds. The molecule has 1 aliphatic heterocycles. The summed E-state index contributed by atoms with van der Waals surface area (Å²) in [6.45, 7) is 8.10. The zero-order chi connectivity index (χ0) is 21.6. The molecule has 1 aromatic rings. The number of nitrogens with two attached hydrogens (primary N) is 1. The van der Waals surface area contributed by atoms with Crippen LogP contribution in [0.4, 0.5) is 4.79 Å². The second-order valence-corrected chi connectivity index (χ2v) is 7.64. The van der Waals surface area contributed by atoms with Crippen LogP contribution in [0.15, 0.2) is 17.1 Å². The predicted octanol–water partition coefficient (Wildman–Crippen LogP) is 2.08. The molecule has 2 rings (SSSR count). The molecule has 29 heavy (non-hydrogen) atoms. The van der Waals surface area contributed by atoms with E-state index >= 15 is 0 Å². The van der Waals surface area contributed by atoms with Crippen LogP contribution in [-0.2, 0) is 11.3 Å². The number of nitrogens with zero attached hydrogens (tertiary/aromatic N) is 3. The van der Waals surface area contributed by atoms with Gasteiger partial charge in [-0.2, -0.15) is 0 Å². The Kier molecular flexibility index (Phi) is 7.41. The molecule has 0 aliphatic carbocycles. The van der Waals surface area contributed by atoms with E-state index in [9.17, 15) is 4.79 Å². The molecule has 0 radical (unpaired) electrons. The first-order valence-corrected chi connectivity index (χ1v) is 9.50. The molecule has 1 aromatic carbocycles. The van der Waals surface area contributed by atoms with Crippen LogP contribution in [0.25, 0.3) is 0 Å². The largest absolute Gasteiger partial charge is 0.496 e. The van der Waals surface area contributed by atoms with Crippen LogP contribution in [0.3, 0.4) is 0 Å². The first-order chi connectivity index (χ1) is 13.7. The van der Waals surface area contributed by atoms with Crippen molar-refractivity contribution in [3.8, 4) is 17.2 Å². The number of carbonyl (C=O) groups excluding carboxylic acids is 1. The number of methoxy groups -OCH3 is 3. The van der Waals surface area contributed by atoms with Gasteiger partial charge in [0.2, 0.25) is 0 Å². The minimum absolute atomic E-state index is 0.300. The van der Waals surface area contributed by atoms with Gasteiger partial charge in [0, 0.05) is 38.3 Å². The SMILES string of the molecule is COc1cc(OC)c(CN=C(N)N2CCN(C(=O)OC(C)(C)C)CC2)c(OC)c1. The summed E-state index contributed by atoms with van der Waals surface area (Å²) in [4.78, 5) is 20.3. The Morgan fingerprint density at radius 2 is 1.52 bits per heavy atom. The third-order valence-corrected chi connectivity index (χ3v) is 4.47. The monoisotopic (exact) mass is 408 g/mol. The average Bonchev–Trinajstić information content (AvgIpc) is 2.70. The number of rotatable bonds is 5. The van der Waals surface area contributed by atoms with Gasteiger partial charge in [0.1, 0.15) is 22.8 Å². The quantitative estimate of drug-likeness (QED) is 0.588. The molecule has 0 aromatic heterocycles. The van der Waals surface area contributed by atoms with Gasteiger partial charge in [-0.25, -0.2) is 9.79 Å². The first kappa shape index (κ1) is 22.4. The number of carbonyl (C=O) groups is 1. The number of ether oxygens (including phenoxy) is 4. The van der Waals surface area contributed by atoms with Gasteiger partial charge in [-0.3, -0.25) is 0 Å². The molecule has 0 bridgehead atoms. The third kappa shape index (κ3) is 6.07. The summed E-state index contributed by atoms with van der Waals surface area (Å²) in [6, 6.07) is 3.56. The molecule has 9 heteroatoms. The highest BCUT2D eigenvalue weighted by molar-refractivity contribution is 5.78. The molecule has 0 saturated carbocycles. The zero-order valence-corrected chi connectivity index (χ0v) is 18.2. The number of hydrogen-bond donors (Lipinski definition) is 1. The van der Waals surface area contributed by atoms with Crippen LogP contribution in [0.5, 0.6) is 17.2 Å². The molecule has 1 fully saturated rings. The van der Waals surface area contributed by atoms with E-state index in [2.05, 4.69) is 4.99 Å². The van der Waals surface area contributed by atoms with Crippen molar-refractivity contribution >= 4 is 12.1 Å². The zero-order valence-electron chi connectivity index (χ0n) is 18.2. The summed E-state index contributed by atoms with van der Waals surface area (Å²) in [5, 5.41) is 0. The standard InChI is InChI=1S/C20H32N4O5/c1-20(2,3)29-19(25)24-9-7-23(8-10-24)18(21)22-13-15-16(27-5)11-14(26-4)12-17(15)28-6/h11-12H,7-10,13H2,1-6H3,(H2,21,22). The fourth-order valence-corrected chi connectivity index (χ4v) is 2.94. The maximum atomic E-state index is 12.2. The van der Waals surface area contributed by atoms with E-state index in [1.54, 1.807) is 38.4 Å². The molecule has 9 nitrogen and oxygen atoms in total. The van der Waals surface area contributed by atoms with Crippen LogP contribution in [0, 0.1) is 0 Å². The maximum Gasteiger partial charge on any atom is 0.410 e. The van der Waals surface area contributed by atoms with Crippen molar-refractivity contribution in [1.29, 1.82) is 0 Å². The lowest BCUT2D eigenvalue weighted by Gasteiger charge is -2.36. The maximum absolute atomic E-state index is 12.2. The summed E-state index contributed by atoms with van der Waals surface area (Å²) in [5.74, 6) is 2.28.